The predicted octanol–water partition coefficient (Wildman–Crippen LogP) is 5.19. The number of hydrogen-bond acceptors (Lipinski definition) is 6. The molecule has 144 valence electrons. The van der Waals surface area contributed by atoms with E-state index < -0.39 is 0 Å². The fraction of sp³-hybridized carbons (Fsp3) is 0.182. The normalized spacial score (nSPS) is 11.0. The van der Waals surface area contributed by atoms with Crippen LogP contribution in [0.25, 0.3) is 11.1 Å². The summed E-state index contributed by atoms with van der Waals surface area (Å²) in [5, 5.41) is 18.9. The minimum Gasteiger partial charge on any atom is -0.506 e. The van der Waals surface area contributed by atoms with E-state index in [0.717, 1.165) is 22.5 Å². The Morgan fingerprint density at radius 2 is 1.43 bits per heavy atom. The maximum atomic E-state index is 10.4. The van der Waals surface area contributed by atoms with Gasteiger partial charge in [0.05, 0.1) is 11.4 Å². The number of phenols is 1. The van der Waals surface area contributed by atoms with Crippen molar-refractivity contribution in [3.63, 3.8) is 0 Å². The zero-order valence-electron chi connectivity index (χ0n) is 16.6. The number of rotatable bonds is 5. The number of phenolic OH excluding ortho intramolecular Hbond substituents is 1. The highest BCUT2D eigenvalue weighted by atomic mass is 16.3. The third-order valence-electron chi connectivity index (χ3n) is 4.47. The molecule has 0 unspecified atom stereocenters. The van der Waals surface area contributed by atoms with E-state index in [1.54, 1.807) is 12.1 Å². The van der Waals surface area contributed by atoms with Crippen LogP contribution < -0.4 is 15.5 Å². The Bertz CT molecular complexity index is 997. The van der Waals surface area contributed by atoms with Gasteiger partial charge in [-0.1, -0.05) is 36.4 Å². The molecule has 0 fully saturated rings. The molecule has 0 amide bonds. The van der Waals surface area contributed by atoms with Gasteiger partial charge in [-0.05, 0) is 35.4 Å². The zero-order chi connectivity index (χ0) is 20.3. The summed E-state index contributed by atoms with van der Waals surface area (Å²) in [5.74, 6) is 0.0697. The van der Waals surface area contributed by atoms with Crippen LogP contribution in [0.1, 0.15) is 0 Å². The van der Waals surface area contributed by atoms with E-state index in [0.29, 0.717) is 17.1 Å². The molecule has 0 saturated heterocycles. The molecular weight excluding hydrogens is 350 g/mol. The van der Waals surface area contributed by atoms with Crippen molar-refractivity contribution in [2.24, 2.45) is 10.2 Å². The number of hydrogen-bond donors (Lipinski definition) is 2. The highest BCUT2D eigenvalue weighted by Gasteiger charge is 2.11. The lowest BCUT2D eigenvalue weighted by Crippen LogP contribution is -2.14. The van der Waals surface area contributed by atoms with E-state index >= 15 is 0 Å². The Balaban J connectivity index is 1.96. The molecule has 3 aromatic carbocycles. The molecule has 3 rings (SSSR count). The van der Waals surface area contributed by atoms with E-state index in [1.165, 1.54) is 0 Å². The number of nitrogens with zero attached hydrogens (tertiary/aromatic N) is 4. The standard InChI is InChI=1S/C22H25N5O/c1-26(2)17-13-19(22(23)20(14-17)27(3)4)25-24-18-11-10-16(12-21(18)28)15-8-6-5-7-9-15/h5-14,28H,23H2,1-4H3. The van der Waals surface area contributed by atoms with Gasteiger partial charge in [-0.3, -0.25) is 0 Å². The molecule has 3 aromatic rings. The Kier molecular flexibility index (Phi) is 5.49. The molecule has 0 saturated carbocycles. The van der Waals surface area contributed by atoms with Crippen LogP contribution in [-0.2, 0) is 0 Å². The van der Waals surface area contributed by atoms with Gasteiger partial charge < -0.3 is 20.6 Å². The first-order valence-corrected chi connectivity index (χ1v) is 8.95. The van der Waals surface area contributed by atoms with Crippen LogP contribution in [0.2, 0.25) is 0 Å². The molecule has 28 heavy (non-hydrogen) atoms. The third kappa shape index (κ3) is 4.06. The van der Waals surface area contributed by atoms with Crippen LogP contribution >= 0.6 is 0 Å². The van der Waals surface area contributed by atoms with Gasteiger partial charge in [0.15, 0.2) is 0 Å². The second-order valence-corrected chi connectivity index (χ2v) is 6.96. The van der Waals surface area contributed by atoms with Gasteiger partial charge >= 0.3 is 0 Å². The molecule has 0 bridgehead atoms. The summed E-state index contributed by atoms with van der Waals surface area (Å²) in [7, 11) is 7.78. The Morgan fingerprint density at radius 3 is 2.04 bits per heavy atom. The second kappa shape index (κ2) is 8.00. The van der Waals surface area contributed by atoms with Gasteiger partial charge in [-0.15, -0.1) is 10.2 Å². The number of nitrogens with two attached hydrogens (primary N) is 1. The lowest BCUT2D eigenvalue weighted by Gasteiger charge is -2.21. The van der Waals surface area contributed by atoms with Crippen LogP contribution in [0.15, 0.2) is 70.9 Å². The van der Waals surface area contributed by atoms with E-state index in [1.807, 2.05) is 86.5 Å². The maximum absolute atomic E-state index is 10.4. The Labute approximate surface area is 165 Å². The molecule has 6 heteroatoms. The minimum atomic E-state index is 0.0697. The van der Waals surface area contributed by atoms with Crippen molar-refractivity contribution in [1.29, 1.82) is 0 Å². The molecule has 0 atom stereocenters. The fourth-order valence-electron chi connectivity index (χ4n) is 2.85. The van der Waals surface area contributed by atoms with Crippen LogP contribution in [0.4, 0.5) is 28.4 Å². The van der Waals surface area contributed by atoms with Crippen molar-refractivity contribution in [3.8, 4) is 16.9 Å². The first-order chi connectivity index (χ1) is 13.4. The summed E-state index contributed by atoms with van der Waals surface area (Å²) in [6.07, 6.45) is 0. The van der Waals surface area contributed by atoms with Crippen molar-refractivity contribution in [2.45, 2.75) is 0 Å². The van der Waals surface area contributed by atoms with E-state index in [2.05, 4.69) is 10.2 Å². The molecule has 6 nitrogen and oxygen atoms in total. The van der Waals surface area contributed by atoms with Gasteiger partial charge in [-0.25, -0.2) is 0 Å². The van der Waals surface area contributed by atoms with Gasteiger partial charge in [0.1, 0.15) is 17.1 Å². The summed E-state index contributed by atoms with van der Waals surface area (Å²) < 4.78 is 0. The molecule has 0 aliphatic rings. The average molecular weight is 375 g/mol. The molecule has 0 spiro atoms. The molecule has 0 aliphatic carbocycles. The first kappa shape index (κ1) is 19.2. The highest BCUT2D eigenvalue weighted by Crippen LogP contribution is 2.38. The maximum Gasteiger partial charge on any atom is 0.143 e. The lowest BCUT2D eigenvalue weighted by molar-refractivity contribution is 0.476. The van der Waals surface area contributed by atoms with E-state index in [4.69, 9.17) is 5.73 Å². The van der Waals surface area contributed by atoms with Crippen molar-refractivity contribution < 1.29 is 5.11 Å². The monoisotopic (exact) mass is 375 g/mol. The Morgan fingerprint density at radius 1 is 0.750 bits per heavy atom. The van der Waals surface area contributed by atoms with Gasteiger partial charge in [-0.2, -0.15) is 0 Å². The van der Waals surface area contributed by atoms with Gasteiger partial charge in [0.2, 0.25) is 0 Å². The summed E-state index contributed by atoms with van der Waals surface area (Å²) in [6, 6.07) is 19.1. The lowest BCUT2D eigenvalue weighted by atomic mass is 10.1. The third-order valence-corrected chi connectivity index (χ3v) is 4.47. The molecule has 3 N–H and O–H groups in total. The topological polar surface area (TPSA) is 77.4 Å². The van der Waals surface area contributed by atoms with E-state index in [-0.39, 0.29) is 5.75 Å². The molecule has 0 aromatic heterocycles. The van der Waals surface area contributed by atoms with Crippen molar-refractivity contribution in [2.75, 3.05) is 43.7 Å². The summed E-state index contributed by atoms with van der Waals surface area (Å²) in [4.78, 5) is 3.92. The largest absolute Gasteiger partial charge is 0.506 e. The SMILES string of the molecule is CN(C)c1cc(N=Nc2ccc(-c3ccccc3)cc2O)c(N)c(N(C)C)c1. The Hall–Kier alpha value is -3.54. The first-order valence-electron chi connectivity index (χ1n) is 8.95. The number of nitrogen functional groups attached to an aromatic ring is 1. The van der Waals surface area contributed by atoms with Crippen LogP contribution in [0.3, 0.4) is 0 Å². The fourth-order valence-corrected chi connectivity index (χ4v) is 2.85. The zero-order valence-corrected chi connectivity index (χ0v) is 16.6. The quantitative estimate of drug-likeness (QED) is 0.475. The predicted molar refractivity (Wildman–Crippen MR) is 117 cm³/mol. The molecule has 0 aliphatic heterocycles. The smallest absolute Gasteiger partial charge is 0.143 e. The minimum absolute atomic E-state index is 0.0697. The highest BCUT2D eigenvalue weighted by molar-refractivity contribution is 5.83. The van der Waals surface area contributed by atoms with Gasteiger partial charge in [0.25, 0.3) is 0 Å². The number of aromatic hydroxyl groups is 1. The van der Waals surface area contributed by atoms with Crippen molar-refractivity contribution in [3.05, 3.63) is 60.7 Å². The summed E-state index contributed by atoms with van der Waals surface area (Å²) in [6.45, 7) is 0. The average Bonchev–Trinajstić information content (AvgIpc) is 2.68. The number of azo groups is 1. The van der Waals surface area contributed by atoms with Crippen LogP contribution in [0, 0.1) is 0 Å². The van der Waals surface area contributed by atoms with E-state index in [9.17, 15) is 5.11 Å². The molecule has 0 heterocycles. The number of benzene rings is 3. The van der Waals surface area contributed by atoms with Crippen molar-refractivity contribution in [1.82, 2.24) is 0 Å². The summed E-state index contributed by atoms with van der Waals surface area (Å²) in [5.41, 5.74) is 11.5. The molecule has 0 radical (unpaired) electrons. The summed E-state index contributed by atoms with van der Waals surface area (Å²) >= 11 is 0. The van der Waals surface area contributed by atoms with Crippen LogP contribution in [-0.4, -0.2) is 33.3 Å². The molecular formula is C22H25N5O. The number of anilines is 3. The van der Waals surface area contributed by atoms with Crippen molar-refractivity contribution >= 4 is 28.4 Å². The van der Waals surface area contributed by atoms with Gasteiger partial charge in [0, 0.05) is 33.9 Å². The second-order valence-electron chi connectivity index (χ2n) is 6.96. The van der Waals surface area contributed by atoms with Crippen LogP contribution in [0.5, 0.6) is 5.75 Å².